The highest BCUT2D eigenvalue weighted by Crippen LogP contribution is 2.19. The Balaban J connectivity index is 2.61. The summed E-state index contributed by atoms with van der Waals surface area (Å²) in [6.07, 6.45) is 5.57. The smallest absolute Gasteiger partial charge is 0.185 e. The number of carbonyl (C=O) groups excluding carboxylic acids is 2. The van der Waals surface area contributed by atoms with Crippen LogP contribution >= 0.6 is 11.8 Å². The Morgan fingerprint density at radius 2 is 2.21 bits per heavy atom. The first-order valence-electron chi connectivity index (χ1n) is 6.19. The summed E-state index contributed by atoms with van der Waals surface area (Å²) in [5, 5.41) is 0.137. The van der Waals surface area contributed by atoms with Gasteiger partial charge < -0.3 is 4.74 Å². The van der Waals surface area contributed by atoms with Crippen molar-refractivity contribution in [3.8, 4) is 5.75 Å². The lowest BCUT2D eigenvalue weighted by Gasteiger charge is -2.06. The maximum Gasteiger partial charge on any atom is 0.185 e. The average molecular weight is 278 g/mol. The third-order valence-electron chi connectivity index (χ3n) is 2.36. The Hall–Kier alpha value is -1.55. The predicted octanol–water partition coefficient (Wildman–Crippen LogP) is 3.58. The molecule has 0 aliphatic carbocycles. The number of carbonyl (C=O) groups is 2. The van der Waals surface area contributed by atoms with Crippen LogP contribution in [-0.4, -0.2) is 23.8 Å². The first-order chi connectivity index (χ1) is 9.17. The fraction of sp³-hybridized carbons (Fsp3) is 0.333. The fourth-order valence-electron chi connectivity index (χ4n) is 1.54. The van der Waals surface area contributed by atoms with Crippen LogP contribution in [-0.2, 0) is 4.79 Å². The van der Waals surface area contributed by atoms with E-state index in [0.29, 0.717) is 17.9 Å². The SMILES string of the molecule is CCOc1ccc(C=CCCSC(C)=O)cc1C=O. The van der Waals surface area contributed by atoms with Gasteiger partial charge in [-0.2, -0.15) is 0 Å². The first-order valence-corrected chi connectivity index (χ1v) is 7.18. The van der Waals surface area contributed by atoms with Crippen molar-refractivity contribution in [3.05, 3.63) is 35.4 Å². The Kier molecular flexibility index (Phi) is 6.97. The molecule has 4 heteroatoms. The second kappa shape index (κ2) is 8.53. The molecule has 0 bridgehead atoms. The summed E-state index contributed by atoms with van der Waals surface area (Å²) in [6, 6.07) is 5.51. The highest BCUT2D eigenvalue weighted by molar-refractivity contribution is 8.13. The quantitative estimate of drug-likeness (QED) is 0.565. The molecule has 1 rings (SSSR count). The molecule has 0 aliphatic heterocycles. The number of hydrogen-bond acceptors (Lipinski definition) is 4. The number of allylic oxidation sites excluding steroid dienone is 1. The van der Waals surface area contributed by atoms with Crippen LogP contribution in [0.4, 0.5) is 0 Å². The monoisotopic (exact) mass is 278 g/mol. The molecule has 0 saturated carbocycles. The minimum absolute atomic E-state index is 0.137. The second-order valence-electron chi connectivity index (χ2n) is 3.88. The molecule has 0 spiro atoms. The van der Waals surface area contributed by atoms with Crippen molar-refractivity contribution < 1.29 is 14.3 Å². The molecule has 0 saturated heterocycles. The normalized spacial score (nSPS) is 10.6. The number of ether oxygens (including phenoxy) is 1. The molecule has 0 radical (unpaired) electrons. The Morgan fingerprint density at radius 1 is 1.42 bits per heavy atom. The number of benzene rings is 1. The molecular formula is C15H18O3S. The van der Waals surface area contributed by atoms with Crippen molar-refractivity contribution in [1.29, 1.82) is 0 Å². The van der Waals surface area contributed by atoms with Gasteiger partial charge in [0, 0.05) is 12.7 Å². The molecule has 0 amide bonds. The van der Waals surface area contributed by atoms with Gasteiger partial charge in [-0.3, -0.25) is 9.59 Å². The lowest BCUT2D eigenvalue weighted by Crippen LogP contribution is -1.96. The van der Waals surface area contributed by atoms with E-state index in [1.807, 2.05) is 25.1 Å². The third-order valence-corrected chi connectivity index (χ3v) is 3.21. The van der Waals surface area contributed by atoms with Gasteiger partial charge in [-0.1, -0.05) is 30.0 Å². The van der Waals surface area contributed by atoms with Crippen LogP contribution < -0.4 is 4.74 Å². The van der Waals surface area contributed by atoms with E-state index in [-0.39, 0.29) is 5.12 Å². The van der Waals surface area contributed by atoms with Crippen LogP contribution in [0.3, 0.4) is 0 Å². The number of hydrogen-bond donors (Lipinski definition) is 0. The highest BCUT2D eigenvalue weighted by atomic mass is 32.2. The van der Waals surface area contributed by atoms with Gasteiger partial charge in [-0.05, 0) is 31.0 Å². The van der Waals surface area contributed by atoms with Crippen LogP contribution in [0.2, 0.25) is 0 Å². The van der Waals surface area contributed by atoms with Crippen LogP contribution in [0.25, 0.3) is 6.08 Å². The van der Waals surface area contributed by atoms with Crippen LogP contribution in [0, 0.1) is 0 Å². The van der Waals surface area contributed by atoms with Crippen molar-refractivity contribution in [3.63, 3.8) is 0 Å². The molecule has 3 nitrogen and oxygen atoms in total. The number of aldehydes is 1. The molecule has 19 heavy (non-hydrogen) atoms. The van der Waals surface area contributed by atoms with E-state index in [1.54, 1.807) is 19.1 Å². The summed E-state index contributed by atoms with van der Waals surface area (Å²) in [5.74, 6) is 1.39. The molecule has 0 aromatic heterocycles. The molecule has 102 valence electrons. The predicted molar refractivity (Wildman–Crippen MR) is 79.8 cm³/mol. The van der Waals surface area contributed by atoms with E-state index in [9.17, 15) is 9.59 Å². The zero-order valence-corrected chi connectivity index (χ0v) is 12.0. The molecule has 1 aromatic rings. The van der Waals surface area contributed by atoms with Crippen molar-refractivity contribution in [1.82, 2.24) is 0 Å². The number of thioether (sulfide) groups is 1. The minimum atomic E-state index is 0.137. The van der Waals surface area contributed by atoms with E-state index in [0.717, 1.165) is 24.0 Å². The van der Waals surface area contributed by atoms with Crippen molar-refractivity contribution in [2.75, 3.05) is 12.4 Å². The van der Waals surface area contributed by atoms with Gasteiger partial charge in [0.25, 0.3) is 0 Å². The van der Waals surface area contributed by atoms with Crippen LogP contribution in [0.1, 0.15) is 36.2 Å². The van der Waals surface area contributed by atoms with E-state index in [1.165, 1.54) is 11.8 Å². The Morgan fingerprint density at radius 3 is 2.84 bits per heavy atom. The van der Waals surface area contributed by atoms with Crippen LogP contribution in [0.5, 0.6) is 5.75 Å². The van der Waals surface area contributed by atoms with Gasteiger partial charge in [0.05, 0.1) is 12.2 Å². The maximum atomic E-state index is 11.0. The molecule has 0 aliphatic rings. The topological polar surface area (TPSA) is 43.4 Å². The molecule has 0 atom stereocenters. The van der Waals surface area contributed by atoms with Gasteiger partial charge in [0.15, 0.2) is 11.4 Å². The maximum absolute atomic E-state index is 11.0. The third kappa shape index (κ3) is 5.75. The highest BCUT2D eigenvalue weighted by Gasteiger charge is 2.02. The van der Waals surface area contributed by atoms with Gasteiger partial charge in [0.1, 0.15) is 5.75 Å². The van der Waals surface area contributed by atoms with Crippen molar-refractivity contribution >= 4 is 29.2 Å². The summed E-state index contributed by atoms with van der Waals surface area (Å²) in [4.78, 5) is 21.7. The molecule has 0 heterocycles. The Bertz CT molecular complexity index is 466. The lowest BCUT2D eigenvalue weighted by molar-refractivity contribution is -0.109. The van der Waals surface area contributed by atoms with Crippen molar-refractivity contribution in [2.45, 2.75) is 20.3 Å². The van der Waals surface area contributed by atoms with E-state index >= 15 is 0 Å². The second-order valence-corrected chi connectivity index (χ2v) is 5.15. The van der Waals surface area contributed by atoms with Crippen molar-refractivity contribution in [2.24, 2.45) is 0 Å². The zero-order valence-electron chi connectivity index (χ0n) is 11.2. The summed E-state index contributed by atoms with van der Waals surface area (Å²) in [6.45, 7) is 3.99. The standard InChI is InChI=1S/C15H18O3S/c1-3-18-15-8-7-13(10-14(15)11-16)6-4-5-9-19-12(2)17/h4,6-8,10-11H,3,5,9H2,1-2H3. The molecular weight excluding hydrogens is 260 g/mol. The van der Waals surface area contributed by atoms with E-state index in [4.69, 9.17) is 4.74 Å². The largest absolute Gasteiger partial charge is 0.493 e. The fourth-order valence-corrected chi connectivity index (χ4v) is 2.08. The van der Waals surface area contributed by atoms with E-state index in [2.05, 4.69) is 0 Å². The first kappa shape index (κ1) is 15.5. The molecule has 1 aromatic carbocycles. The van der Waals surface area contributed by atoms with E-state index < -0.39 is 0 Å². The Labute approximate surface area is 118 Å². The molecule has 0 unspecified atom stereocenters. The summed E-state index contributed by atoms with van der Waals surface area (Å²) in [7, 11) is 0. The summed E-state index contributed by atoms with van der Waals surface area (Å²) in [5.41, 5.74) is 1.51. The molecule has 0 fully saturated rings. The number of rotatable bonds is 7. The van der Waals surface area contributed by atoms with Gasteiger partial charge >= 0.3 is 0 Å². The zero-order chi connectivity index (χ0) is 14.1. The summed E-state index contributed by atoms with van der Waals surface area (Å²) < 4.78 is 5.36. The van der Waals surface area contributed by atoms with Gasteiger partial charge in [0.2, 0.25) is 0 Å². The average Bonchev–Trinajstić information content (AvgIpc) is 2.39. The van der Waals surface area contributed by atoms with Crippen LogP contribution in [0.15, 0.2) is 24.3 Å². The molecule has 0 N–H and O–H groups in total. The summed E-state index contributed by atoms with van der Waals surface area (Å²) >= 11 is 1.32. The van der Waals surface area contributed by atoms with Gasteiger partial charge in [-0.25, -0.2) is 0 Å². The lowest BCUT2D eigenvalue weighted by atomic mass is 10.1. The van der Waals surface area contributed by atoms with Gasteiger partial charge in [-0.15, -0.1) is 0 Å². The minimum Gasteiger partial charge on any atom is -0.493 e.